The van der Waals surface area contributed by atoms with Gasteiger partial charge in [0.15, 0.2) is 11.5 Å². The average molecular weight is 344 g/mol. The van der Waals surface area contributed by atoms with Crippen molar-refractivity contribution in [1.82, 2.24) is 15.3 Å². The molecule has 0 aliphatic heterocycles. The quantitative estimate of drug-likeness (QED) is 0.794. The predicted molar refractivity (Wildman–Crippen MR) is 91.9 cm³/mol. The van der Waals surface area contributed by atoms with Gasteiger partial charge in [-0.15, -0.1) is 0 Å². The van der Waals surface area contributed by atoms with E-state index in [4.69, 9.17) is 14.2 Å². The Balaban J connectivity index is 1.76. The lowest BCUT2D eigenvalue weighted by atomic mass is 10.2. The Kier molecular flexibility index (Phi) is 4.87. The summed E-state index contributed by atoms with van der Waals surface area (Å²) in [6.45, 7) is 0. The minimum Gasteiger partial charge on any atom is -0.493 e. The fourth-order valence-corrected chi connectivity index (χ4v) is 2.30. The Bertz CT molecular complexity index is 735. The number of amides is 1. The third kappa shape index (κ3) is 3.90. The Morgan fingerprint density at radius 1 is 1.04 bits per heavy atom. The van der Waals surface area contributed by atoms with E-state index in [0.717, 1.165) is 12.8 Å². The molecule has 0 bridgehead atoms. The molecule has 25 heavy (non-hydrogen) atoms. The van der Waals surface area contributed by atoms with Crippen LogP contribution in [0.25, 0.3) is 0 Å². The van der Waals surface area contributed by atoms with Crippen molar-refractivity contribution in [1.29, 1.82) is 0 Å². The van der Waals surface area contributed by atoms with Crippen LogP contribution >= 0.6 is 0 Å². The van der Waals surface area contributed by atoms with Crippen LogP contribution in [0.3, 0.4) is 0 Å². The molecular weight excluding hydrogens is 324 g/mol. The molecule has 1 saturated carbocycles. The van der Waals surface area contributed by atoms with E-state index in [1.165, 1.54) is 12.4 Å². The summed E-state index contributed by atoms with van der Waals surface area (Å²) in [6.07, 6.45) is 5.00. The molecule has 1 aliphatic carbocycles. The normalized spacial score (nSPS) is 13.1. The SMILES string of the molecule is COc1cc(Nc2cnc(C(=O)NC3CC3)cn2)cc(OC)c1OC. The fourth-order valence-electron chi connectivity index (χ4n) is 2.30. The van der Waals surface area contributed by atoms with Gasteiger partial charge in [0.05, 0.1) is 33.7 Å². The van der Waals surface area contributed by atoms with E-state index in [-0.39, 0.29) is 11.9 Å². The first-order valence-corrected chi connectivity index (χ1v) is 7.84. The summed E-state index contributed by atoms with van der Waals surface area (Å²) in [7, 11) is 4.65. The third-order valence-corrected chi connectivity index (χ3v) is 3.73. The molecule has 1 heterocycles. The first-order valence-electron chi connectivity index (χ1n) is 7.84. The zero-order chi connectivity index (χ0) is 17.8. The van der Waals surface area contributed by atoms with E-state index in [1.54, 1.807) is 33.5 Å². The highest BCUT2D eigenvalue weighted by molar-refractivity contribution is 5.92. The zero-order valence-electron chi connectivity index (χ0n) is 14.3. The van der Waals surface area contributed by atoms with Gasteiger partial charge in [0.1, 0.15) is 11.5 Å². The van der Waals surface area contributed by atoms with E-state index in [0.29, 0.717) is 34.4 Å². The lowest BCUT2D eigenvalue weighted by molar-refractivity contribution is 0.0945. The number of carbonyl (C=O) groups excluding carboxylic acids is 1. The molecule has 3 rings (SSSR count). The van der Waals surface area contributed by atoms with E-state index in [9.17, 15) is 4.79 Å². The molecule has 1 amide bonds. The van der Waals surface area contributed by atoms with Crippen LogP contribution in [0.4, 0.5) is 11.5 Å². The molecule has 1 fully saturated rings. The van der Waals surface area contributed by atoms with Gasteiger partial charge in [-0.3, -0.25) is 4.79 Å². The van der Waals surface area contributed by atoms with Crippen molar-refractivity contribution in [2.45, 2.75) is 18.9 Å². The van der Waals surface area contributed by atoms with E-state index >= 15 is 0 Å². The van der Waals surface area contributed by atoms with Gasteiger partial charge in [-0.1, -0.05) is 0 Å². The average Bonchev–Trinajstić information content (AvgIpc) is 3.45. The standard InChI is InChI=1S/C17H20N4O4/c1-23-13-6-11(7-14(24-2)16(13)25-3)20-15-9-18-12(8-19-15)17(22)21-10-4-5-10/h6-10H,4-5H2,1-3H3,(H,19,20)(H,21,22). The molecule has 8 heteroatoms. The number of hydrogen-bond donors (Lipinski definition) is 2. The molecular formula is C17H20N4O4. The molecule has 1 aromatic heterocycles. The summed E-state index contributed by atoms with van der Waals surface area (Å²) in [4.78, 5) is 20.3. The van der Waals surface area contributed by atoms with Crippen LogP contribution in [0.5, 0.6) is 17.2 Å². The summed E-state index contributed by atoms with van der Waals surface area (Å²) >= 11 is 0. The Morgan fingerprint density at radius 2 is 1.72 bits per heavy atom. The molecule has 8 nitrogen and oxygen atoms in total. The van der Waals surface area contributed by atoms with E-state index < -0.39 is 0 Å². The van der Waals surface area contributed by atoms with Crippen LogP contribution < -0.4 is 24.8 Å². The number of ether oxygens (including phenoxy) is 3. The van der Waals surface area contributed by atoms with Gasteiger partial charge in [0.25, 0.3) is 5.91 Å². The van der Waals surface area contributed by atoms with Gasteiger partial charge in [-0.2, -0.15) is 0 Å². The number of aromatic nitrogens is 2. The Labute approximate surface area is 145 Å². The van der Waals surface area contributed by atoms with Crippen molar-refractivity contribution in [2.24, 2.45) is 0 Å². The second-order valence-electron chi connectivity index (χ2n) is 5.57. The molecule has 1 aliphatic rings. The summed E-state index contributed by atoms with van der Waals surface area (Å²) in [5, 5.41) is 5.98. The predicted octanol–water partition coefficient (Wildman–Crippen LogP) is 2.14. The van der Waals surface area contributed by atoms with Crippen LogP contribution in [-0.2, 0) is 0 Å². The monoisotopic (exact) mass is 344 g/mol. The molecule has 132 valence electrons. The first-order chi connectivity index (χ1) is 12.1. The van der Waals surface area contributed by atoms with Crippen molar-refractivity contribution in [3.8, 4) is 17.2 Å². The van der Waals surface area contributed by atoms with Crippen LogP contribution in [0, 0.1) is 0 Å². The lowest BCUT2D eigenvalue weighted by Gasteiger charge is -2.14. The summed E-state index contributed by atoms with van der Waals surface area (Å²) in [6, 6.07) is 3.80. The molecule has 0 radical (unpaired) electrons. The van der Waals surface area contributed by atoms with Gasteiger partial charge >= 0.3 is 0 Å². The minimum atomic E-state index is -0.200. The molecule has 2 aromatic rings. The largest absolute Gasteiger partial charge is 0.493 e. The number of rotatable bonds is 7. The van der Waals surface area contributed by atoms with E-state index in [2.05, 4.69) is 20.6 Å². The van der Waals surface area contributed by atoms with Gasteiger partial charge in [0, 0.05) is 23.9 Å². The van der Waals surface area contributed by atoms with Crippen LogP contribution in [0.2, 0.25) is 0 Å². The summed E-state index contributed by atoms with van der Waals surface area (Å²) in [5.41, 5.74) is 0.987. The topological polar surface area (TPSA) is 94.6 Å². The minimum absolute atomic E-state index is 0.200. The molecule has 0 atom stereocenters. The van der Waals surface area contributed by atoms with Gasteiger partial charge < -0.3 is 24.8 Å². The second kappa shape index (κ2) is 7.25. The second-order valence-corrected chi connectivity index (χ2v) is 5.57. The van der Waals surface area contributed by atoms with Crippen molar-refractivity contribution in [3.05, 3.63) is 30.2 Å². The maximum Gasteiger partial charge on any atom is 0.271 e. The van der Waals surface area contributed by atoms with Gasteiger partial charge in [0.2, 0.25) is 5.75 Å². The molecule has 1 aromatic carbocycles. The van der Waals surface area contributed by atoms with Crippen LogP contribution in [0.1, 0.15) is 23.3 Å². The van der Waals surface area contributed by atoms with Crippen molar-refractivity contribution in [2.75, 3.05) is 26.6 Å². The van der Waals surface area contributed by atoms with Crippen LogP contribution in [0.15, 0.2) is 24.5 Å². The molecule has 2 N–H and O–H groups in total. The smallest absolute Gasteiger partial charge is 0.271 e. The van der Waals surface area contributed by atoms with E-state index in [1.807, 2.05) is 0 Å². The summed E-state index contributed by atoms with van der Waals surface area (Å²) < 4.78 is 15.9. The van der Waals surface area contributed by atoms with Gasteiger partial charge in [-0.05, 0) is 12.8 Å². The molecule has 0 spiro atoms. The Hall–Kier alpha value is -3.03. The summed E-state index contributed by atoms with van der Waals surface area (Å²) in [5.74, 6) is 1.86. The number of nitrogens with zero attached hydrogens (tertiary/aromatic N) is 2. The number of hydrogen-bond acceptors (Lipinski definition) is 7. The highest BCUT2D eigenvalue weighted by Crippen LogP contribution is 2.40. The highest BCUT2D eigenvalue weighted by atomic mass is 16.5. The first kappa shape index (κ1) is 16.8. The number of carbonyl (C=O) groups is 1. The maximum absolute atomic E-state index is 11.9. The maximum atomic E-state index is 11.9. The van der Waals surface area contributed by atoms with Crippen molar-refractivity contribution >= 4 is 17.4 Å². The van der Waals surface area contributed by atoms with Crippen LogP contribution in [-0.4, -0.2) is 43.2 Å². The Morgan fingerprint density at radius 3 is 2.20 bits per heavy atom. The fraction of sp³-hybridized carbons (Fsp3) is 0.353. The number of benzene rings is 1. The zero-order valence-corrected chi connectivity index (χ0v) is 14.3. The van der Waals surface area contributed by atoms with Gasteiger partial charge in [-0.25, -0.2) is 9.97 Å². The number of nitrogens with one attached hydrogen (secondary N) is 2. The third-order valence-electron chi connectivity index (χ3n) is 3.73. The highest BCUT2D eigenvalue weighted by Gasteiger charge is 2.24. The number of anilines is 2. The lowest BCUT2D eigenvalue weighted by Crippen LogP contribution is -2.26. The number of methoxy groups -OCH3 is 3. The molecule has 0 unspecified atom stereocenters. The van der Waals surface area contributed by atoms with Crippen molar-refractivity contribution < 1.29 is 19.0 Å². The molecule has 0 saturated heterocycles. The van der Waals surface area contributed by atoms with Crippen molar-refractivity contribution in [3.63, 3.8) is 0 Å².